The summed E-state index contributed by atoms with van der Waals surface area (Å²) in [4.78, 5) is 4.48. The Kier molecular flexibility index (Phi) is 3.58. The van der Waals surface area contributed by atoms with Gasteiger partial charge < -0.3 is 9.15 Å². The summed E-state index contributed by atoms with van der Waals surface area (Å²) in [6, 6.07) is 13.3. The summed E-state index contributed by atoms with van der Waals surface area (Å²) in [5.41, 5.74) is 0.956. The van der Waals surface area contributed by atoms with Gasteiger partial charge in [0.1, 0.15) is 11.4 Å². The highest BCUT2D eigenvalue weighted by atomic mass is 32.2. The van der Waals surface area contributed by atoms with Gasteiger partial charge in [0.25, 0.3) is 10.0 Å². The van der Waals surface area contributed by atoms with Crippen molar-refractivity contribution in [3.63, 3.8) is 0 Å². The predicted molar refractivity (Wildman–Crippen MR) is 93.0 cm³/mol. The molecule has 3 aromatic heterocycles. The van der Waals surface area contributed by atoms with Crippen LogP contribution in [-0.2, 0) is 10.0 Å². The topological polar surface area (TPSA) is 74.3 Å². The van der Waals surface area contributed by atoms with Gasteiger partial charge in [0.05, 0.1) is 23.8 Å². The molecule has 3 heterocycles. The van der Waals surface area contributed by atoms with Gasteiger partial charge >= 0.3 is 0 Å². The Balaban J connectivity index is 1.94. The summed E-state index contributed by atoms with van der Waals surface area (Å²) in [5, 5.41) is 0.762. The van der Waals surface area contributed by atoms with Crippen molar-refractivity contribution in [1.82, 2.24) is 8.96 Å². The smallest absolute Gasteiger partial charge is 0.268 e. The maximum Gasteiger partial charge on any atom is 0.268 e. The fourth-order valence-electron chi connectivity index (χ4n) is 2.71. The molecule has 0 aliphatic heterocycles. The lowest BCUT2D eigenvalue weighted by atomic mass is 10.2. The Morgan fingerprint density at radius 1 is 1.08 bits per heavy atom. The lowest BCUT2D eigenvalue weighted by Gasteiger charge is -2.10. The SMILES string of the molecule is COc1ccc(S(=O)(=O)n2ccc3ccnc(-c4ccco4)c32)cc1. The molecule has 7 heteroatoms. The van der Waals surface area contributed by atoms with E-state index in [0.717, 1.165) is 5.39 Å². The minimum atomic E-state index is -3.78. The van der Waals surface area contributed by atoms with Crippen LogP contribution in [0.2, 0.25) is 0 Å². The second-order valence-electron chi connectivity index (χ2n) is 5.37. The Bertz CT molecular complexity index is 1130. The molecular formula is C18H14N2O4S. The van der Waals surface area contributed by atoms with Crippen LogP contribution in [-0.4, -0.2) is 24.5 Å². The van der Waals surface area contributed by atoms with E-state index in [1.54, 1.807) is 42.6 Å². The maximum atomic E-state index is 13.1. The van der Waals surface area contributed by atoms with Crippen molar-refractivity contribution in [2.45, 2.75) is 4.90 Å². The fourth-order valence-corrected chi connectivity index (χ4v) is 4.07. The number of fused-ring (bicyclic) bond motifs is 1. The molecule has 0 radical (unpaired) electrons. The number of hydrogen-bond donors (Lipinski definition) is 0. The molecular weight excluding hydrogens is 340 g/mol. The first-order chi connectivity index (χ1) is 12.1. The molecule has 4 rings (SSSR count). The van der Waals surface area contributed by atoms with E-state index in [4.69, 9.17) is 9.15 Å². The molecule has 0 unspecified atom stereocenters. The first-order valence-corrected chi connectivity index (χ1v) is 8.95. The molecule has 0 aliphatic carbocycles. The number of hydrogen-bond acceptors (Lipinski definition) is 5. The number of ether oxygens (including phenoxy) is 1. The number of methoxy groups -OCH3 is 1. The lowest BCUT2D eigenvalue weighted by Crippen LogP contribution is -2.12. The van der Waals surface area contributed by atoms with Crippen molar-refractivity contribution in [1.29, 1.82) is 0 Å². The number of pyridine rings is 1. The molecule has 1 aromatic carbocycles. The van der Waals surface area contributed by atoms with Gasteiger partial charge in [-0.3, -0.25) is 4.98 Å². The Labute approximate surface area is 144 Å². The van der Waals surface area contributed by atoms with E-state index in [9.17, 15) is 8.42 Å². The molecule has 0 aliphatic rings. The predicted octanol–water partition coefficient (Wildman–Crippen LogP) is 3.54. The van der Waals surface area contributed by atoms with Gasteiger partial charge in [0, 0.05) is 17.8 Å². The minimum absolute atomic E-state index is 0.167. The van der Waals surface area contributed by atoms with Gasteiger partial charge in [-0.2, -0.15) is 0 Å². The standard InChI is InChI=1S/C18H14N2O4S/c1-23-14-4-6-15(7-5-14)25(21,22)20-11-9-13-8-10-19-17(18(13)20)16-3-2-12-24-16/h2-12H,1H3. The molecule has 25 heavy (non-hydrogen) atoms. The number of benzene rings is 1. The lowest BCUT2D eigenvalue weighted by molar-refractivity contribution is 0.414. The molecule has 126 valence electrons. The van der Waals surface area contributed by atoms with E-state index in [1.807, 2.05) is 0 Å². The third-order valence-electron chi connectivity index (χ3n) is 3.94. The number of rotatable bonds is 4. The van der Waals surface area contributed by atoms with Crippen molar-refractivity contribution in [2.24, 2.45) is 0 Å². The monoisotopic (exact) mass is 354 g/mol. The van der Waals surface area contributed by atoms with Crippen LogP contribution in [0.3, 0.4) is 0 Å². The zero-order chi connectivity index (χ0) is 17.4. The van der Waals surface area contributed by atoms with E-state index < -0.39 is 10.0 Å². The van der Waals surface area contributed by atoms with Gasteiger partial charge in [-0.05, 0) is 48.5 Å². The van der Waals surface area contributed by atoms with Crippen LogP contribution in [0, 0.1) is 0 Å². The van der Waals surface area contributed by atoms with Gasteiger partial charge in [-0.25, -0.2) is 12.4 Å². The van der Waals surface area contributed by atoms with Crippen LogP contribution in [0.5, 0.6) is 5.75 Å². The average molecular weight is 354 g/mol. The van der Waals surface area contributed by atoms with Crippen LogP contribution in [0.1, 0.15) is 0 Å². The molecule has 0 fully saturated rings. The Morgan fingerprint density at radius 2 is 1.88 bits per heavy atom. The van der Waals surface area contributed by atoms with Gasteiger partial charge in [-0.1, -0.05) is 0 Å². The van der Waals surface area contributed by atoms with Crippen molar-refractivity contribution in [2.75, 3.05) is 7.11 Å². The van der Waals surface area contributed by atoms with Crippen molar-refractivity contribution in [3.8, 4) is 17.2 Å². The van der Waals surface area contributed by atoms with Crippen LogP contribution >= 0.6 is 0 Å². The summed E-state index contributed by atoms with van der Waals surface area (Å²) in [6.45, 7) is 0. The highest BCUT2D eigenvalue weighted by Crippen LogP contribution is 2.30. The molecule has 0 bridgehead atoms. The number of nitrogens with zero attached hydrogens (tertiary/aromatic N) is 2. The second kappa shape index (κ2) is 5.78. The molecule has 0 saturated heterocycles. The Hall–Kier alpha value is -3.06. The van der Waals surface area contributed by atoms with Crippen LogP contribution in [0.15, 0.2) is 76.5 Å². The molecule has 0 atom stereocenters. The van der Waals surface area contributed by atoms with E-state index in [-0.39, 0.29) is 4.90 Å². The van der Waals surface area contributed by atoms with E-state index in [2.05, 4.69) is 4.98 Å². The van der Waals surface area contributed by atoms with Crippen LogP contribution in [0.25, 0.3) is 22.4 Å². The maximum absolute atomic E-state index is 13.1. The number of aromatic nitrogens is 2. The first-order valence-electron chi connectivity index (χ1n) is 7.51. The zero-order valence-electron chi connectivity index (χ0n) is 13.3. The minimum Gasteiger partial charge on any atom is -0.497 e. The van der Waals surface area contributed by atoms with Crippen molar-refractivity contribution in [3.05, 3.63) is 67.2 Å². The molecule has 0 amide bonds. The highest BCUT2D eigenvalue weighted by molar-refractivity contribution is 7.90. The third-order valence-corrected chi connectivity index (χ3v) is 5.63. The summed E-state index contributed by atoms with van der Waals surface area (Å²) >= 11 is 0. The summed E-state index contributed by atoms with van der Waals surface area (Å²) in [5.74, 6) is 1.10. The van der Waals surface area contributed by atoms with E-state index >= 15 is 0 Å². The molecule has 0 N–H and O–H groups in total. The number of furan rings is 1. The van der Waals surface area contributed by atoms with E-state index in [0.29, 0.717) is 22.7 Å². The quantitative estimate of drug-likeness (QED) is 0.560. The fraction of sp³-hybridized carbons (Fsp3) is 0.0556. The van der Waals surface area contributed by atoms with Crippen LogP contribution < -0.4 is 4.74 Å². The average Bonchev–Trinajstić information content (AvgIpc) is 3.31. The molecule has 6 nitrogen and oxygen atoms in total. The molecule has 0 spiro atoms. The first kappa shape index (κ1) is 15.5. The third kappa shape index (κ3) is 2.49. The molecule has 0 saturated carbocycles. The van der Waals surface area contributed by atoms with Crippen molar-refractivity contribution >= 4 is 20.9 Å². The summed E-state index contributed by atoms with van der Waals surface area (Å²) in [6.07, 6.45) is 4.68. The van der Waals surface area contributed by atoms with Crippen LogP contribution in [0.4, 0.5) is 0 Å². The zero-order valence-corrected chi connectivity index (χ0v) is 14.1. The highest BCUT2D eigenvalue weighted by Gasteiger charge is 2.22. The van der Waals surface area contributed by atoms with Gasteiger partial charge in [0.15, 0.2) is 5.76 Å². The summed E-state index contributed by atoms with van der Waals surface area (Å²) in [7, 11) is -2.25. The normalized spacial score (nSPS) is 11.7. The second-order valence-corrected chi connectivity index (χ2v) is 7.18. The van der Waals surface area contributed by atoms with Gasteiger partial charge in [-0.15, -0.1) is 0 Å². The van der Waals surface area contributed by atoms with Crippen molar-refractivity contribution < 1.29 is 17.6 Å². The summed E-state index contributed by atoms with van der Waals surface area (Å²) < 4.78 is 37.9. The molecule has 4 aromatic rings. The van der Waals surface area contributed by atoms with Gasteiger partial charge in [0.2, 0.25) is 0 Å². The Morgan fingerprint density at radius 3 is 2.56 bits per heavy atom. The van der Waals surface area contributed by atoms with E-state index in [1.165, 1.54) is 35.7 Å². The largest absolute Gasteiger partial charge is 0.497 e.